The van der Waals surface area contributed by atoms with Gasteiger partial charge in [-0.3, -0.25) is 0 Å². The summed E-state index contributed by atoms with van der Waals surface area (Å²) in [6, 6.07) is 9.38. The minimum atomic E-state index is -1.20. The maximum Gasteiger partial charge on any atom is 0.336 e. The Morgan fingerprint density at radius 1 is 1.04 bits per heavy atom. The van der Waals surface area contributed by atoms with E-state index in [2.05, 4.69) is 6.58 Å². The van der Waals surface area contributed by atoms with Crippen molar-refractivity contribution in [2.75, 3.05) is 0 Å². The third-order valence-electron chi connectivity index (χ3n) is 2.91. The Balaban J connectivity index is 3.39. The van der Waals surface area contributed by atoms with Crippen LogP contribution in [0.3, 0.4) is 0 Å². The summed E-state index contributed by atoms with van der Waals surface area (Å²) in [5.74, 6) is -2.37. The lowest BCUT2D eigenvalue weighted by atomic mass is 10.0. The second-order valence-corrected chi connectivity index (χ2v) is 4.65. The van der Waals surface area contributed by atoms with E-state index in [1.807, 2.05) is 30.3 Å². The molecule has 0 aliphatic rings. The van der Waals surface area contributed by atoms with E-state index in [4.69, 9.17) is 5.11 Å². The highest BCUT2D eigenvalue weighted by Gasteiger charge is 2.11. The second kappa shape index (κ2) is 9.00. The number of rotatable bonds is 7. The first-order chi connectivity index (χ1) is 11.0. The van der Waals surface area contributed by atoms with Gasteiger partial charge in [-0.15, -0.1) is 0 Å². The van der Waals surface area contributed by atoms with Gasteiger partial charge in [0.2, 0.25) is 0 Å². The smallest absolute Gasteiger partial charge is 0.336 e. The van der Waals surface area contributed by atoms with Crippen LogP contribution in [0.1, 0.15) is 12.5 Å². The fraction of sp³-hybridized carbons (Fsp3) is 0.0526. The molecule has 0 fully saturated rings. The Morgan fingerprint density at radius 3 is 2.22 bits per heavy atom. The topological polar surface area (TPSA) is 74.6 Å². The highest BCUT2D eigenvalue weighted by Crippen LogP contribution is 2.15. The van der Waals surface area contributed by atoms with Crippen molar-refractivity contribution in [1.29, 1.82) is 0 Å². The Morgan fingerprint density at radius 2 is 1.70 bits per heavy atom. The van der Waals surface area contributed by atoms with Crippen LogP contribution >= 0.6 is 0 Å². The van der Waals surface area contributed by atoms with E-state index in [1.165, 1.54) is 13.0 Å². The van der Waals surface area contributed by atoms with Crippen LogP contribution in [0.4, 0.5) is 0 Å². The summed E-state index contributed by atoms with van der Waals surface area (Å²) in [6.45, 7) is 4.90. The van der Waals surface area contributed by atoms with Crippen molar-refractivity contribution in [1.82, 2.24) is 0 Å². The Labute approximate surface area is 135 Å². The Bertz CT molecular complexity index is 704. The molecule has 0 heterocycles. The van der Waals surface area contributed by atoms with Gasteiger partial charge in [0.15, 0.2) is 0 Å². The monoisotopic (exact) mass is 310 g/mol. The number of hydrogen-bond donors (Lipinski definition) is 2. The number of allylic oxidation sites excluding steroid dienone is 5. The molecule has 1 aromatic carbocycles. The zero-order valence-electron chi connectivity index (χ0n) is 12.8. The first-order valence-electron chi connectivity index (χ1n) is 6.87. The number of aliphatic carboxylic acids is 2. The maximum atomic E-state index is 11.5. The van der Waals surface area contributed by atoms with Gasteiger partial charge in [0.1, 0.15) is 0 Å². The van der Waals surface area contributed by atoms with Crippen LogP contribution in [0, 0.1) is 0 Å². The minimum absolute atomic E-state index is 0.0555. The van der Waals surface area contributed by atoms with Crippen molar-refractivity contribution >= 4 is 18.0 Å². The summed E-state index contributed by atoms with van der Waals surface area (Å²) in [7, 11) is 0. The summed E-state index contributed by atoms with van der Waals surface area (Å²) in [4.78, 5) is 22.4. The van der Waals surface area contributed by atoms with Crippen LogP contribution in [0.2, 0.25) is 0 Å². The molecule has 0 saturated heterocycles. The lowest BCUT2D eigenvalue weighted by molar-refractivity contribution is -0.132. The molecule has 1 aromatic rings. The summed E-state index contributed by atoms with van der Waals surface area (Å²) < 4.78 is 0. The van der Waals surface area contributed by atoms with Gasteiger partial charge in [-0.05, 0) is 24.1 Å². The second-order valence-electron chi connectivity index (χ2n) is 4.65. The first kappa shape index (κ1) is 17.9. The van der Waals surface area contributed by atoms with Crippen molar-refractivity contribution < 1.29 is 19.8 Å². The van der Waals surface area contributed by atoms with Crippen LogP contribution in [0.15, 0.2) is 84.0 Å². The molecule has 0 radical (unpaired) electrons. The van der Waals surface area contributed by atoms with Gasteiger partial charge < -0.3 is 10.2 Å². The van der Waals surface area contributed by atoms with Crippen LogP contribution in [0.5, 0.6) is 0 Å². The number of benzene rings is 1. The molecule has 0 atom stereocenters. The average molecular weight is 310 g/mol. The van der Waals surface area contributed by atoms with E-state index in [1.54, 1.807) is 24.3 Å². The molecule has 0 bridgehead atoms. The van der Waals surface area contributed by atoms with Crippen molar-refractivity contribution in [2.24, 2.45) is 0 Å². The molecular weight excluding hydrogens is 292 g/mol. The number of hydrogen-bond acceptors (Lipinski definition) is 2. The van der Waals surface area contributed by atoms with Gasteiger partial charge in [-0.25, -0.2) is 9.59 Å². The zero-order valence-corrected chi connectivity index (χ0v) is 12.8. The van der Waals surface area contributed by atoms with Crippen molar-refractivity contribution in [3.63, 3.8) is 0 Å². The van der Waals surface area contributed by atoms with Gasteiger partial charge in [0.05, 0.1) is 5.57 Å². The number of carboxylic acids is 2. The highest BCUT2D eigenvalue weighted by molar-refractivity contribution is 5.96. The standard InChI is InChI=1S/C19H18O4/c1-3-4-10-16(12-11-15-8-6-5-7-9-15)17(19(22)23)13-14(2)18(20)21/h3-13H,1H2,2H3,(H,20,21)(H,22,23). The third kappa shape index (κ3) is 6.01. The lowest BCUT2D eigenvalue weighted by Crippen LogP contribution is -2.04. The molecule has 0 aliphatic heterocycles. The van der Waals surface area contributed by atoms with Crippen molar-refractivity contribution in [2.45, 2.75) is 6.92 Å². The molecule has 23 heavy (non-hydrogen) atoms. The fourth-order valence-corrected chi connectivity index (χ4v) is 1.70. The molecule has 118 valence electrons. The predicted octanol–water partition coefficient (Wildman–Crippen LogP) is 3.85. The van der Waals surface area contributed by atoms with Crippen molar-refractivity contribution in [3.05, 3.63) is 89.6 Å². The molecule has 0 saturated carbocycles. The molecular formula is C19H18O4. The lowest BCUT2D eigenvalue weighted by Gasteiger charge is -2.03. The fourth-order valence-electron chi connectivity index (χ4n) is 1.70. The normalized spacial score (nSPS) is 13.2. The van der Waals surface area contributed by atoms with E-state index < -0.39 is 11.9 Å². The molecule has 4 nitrogen and oxygen atoms in total. The molecule has 4 heteroatoms. The third-order valence-corrected chi connectivity index (χ3v) is 2.91. The van der Waals surface area contributed by atoms with E-state index in [0.717, 1.165) is 11.6 Å². The average Bonchev–Trinajstić information content (AvgIpc) is 2.53. The van der Waals surface area contributed by atoms with Gasteiger partial charge >= 0.3 is 11.9 Å². The Kier molecular flexibility index (Phi) is 7.01. The first-order valence-corrected chi connectivity index (χ1v) is 6.87. The molecule has 0 unspecified atom stereocenters. The van der Waals surface area contributed by atoms with E-state index in [-0.39, 0.29) is 11.1 Å². The molecule has 0 amide bonds. The molecule has 0 spiro atoms. The maximum absolute atomic E-state index is 11.5. The molecule has 0 aliphatic carbocycles. The highest BCUT2D eigenvalue weighted by atomic mass is 16.4. The van der Waals surface area contributed by atoms with Gasteiger partial charge in [-0.2, -0.15) is 0 Å². The van der Waals surface area contributed by atoms with E-state index in [0.29, 0.717) is 5.57 Å². The molecule has 2 N–H and O–H groups in total. The summed E-state index contributed by atoms with van der Waals surface area (Å²) >= 11 is 0. The van der Waals surface area contributed by atoms with Crippen molar-refractivity contribution in [3.8, 4) is 0 Å². The Hall–Kier alpha value is -3.14. The van der Waals surface area contributed by atoms with Gasteiger partial charge in [0, 0.05) is 5.57 Å². The van der Waals surface area contributed by atoms with Gasteiger partial charge in [-0.1, -0.05) is 67.3 Å². The minimum Gasteiger partial charge on any atom is -0.478 e. The zero-order chi connectivity index (χ0) is 17.2. The number of carbonyl (C=O) groups is 2. The predicted molar refractivity (Wildman–Crippen MR) is 90.9 cm³/mol. The largest absolute Gasteiger partial charge is 0.478 e. The van der Waals surface area contributed by atoms with Crippen LogP contribution < -0.4 is 0 Å². The van der Waals surface area contributed by atoms with E-state index in [9.17, 15) is 14.7 Å². The molecule has 0 aromatic heterocycles. The summed E-state index contributed by atoms with van der Waals surface area (Å²) in [6.07, 6.45) is 9.21. The van der Waals surface area contributed by atoms with Crippen LogP contribution in [-0.2, 0) is 9.59 Å². The summed E-state index contributed by atoms with van der Waals surface area (Å²) in [5.41, 5.74) is 1.12. The quantitative estimate of drug-likeness (QED) is 0.592. The van der Waals surface area contributed by atoms with Gasteiger partial charge in [0.25, 0.3) is 0 Å². The summed E-state index contributed by atoms with van der Waals surface area (Å²) in [5, 5.41) is 18.3. The SMILES string of the molecule is C=CC=CC(C=Cc1ccccc1)=C(C=C(C)C(=O)O)C(=O)O. The number of carboxylic acid groups (broad SMARTS) is 2. The molecule has 1 rings (SSSR count). The van der Waals surface area contributed by atoms with Crippen LogP contribution in [0.25, 0.3) is 6.08 Å². The van der Waals surface area contributed by atoms with Crippen LogP contribution in [-0.4, -0.2) is 22.2 Å². The van der Waals surface area contributed by atoms with E-state index >= 15 is 0 Å².